The molecule has 1 heterocycles. The highest BCUT2D eigenvalue weighted by atomic mass is 28.4. The molecule has 0 aliphatic carbocycles. The summed E-state index contributed by atoms with van der Waals surface area (Å²) in [6.07, 6.45) is 3.87. The number of hydrogen-bond acceptors (Lipinski definition) is 3. The zero-order valence-electron chi connectivity index (χ0n) is 13.3. The third kappa shape index (κ3) is 2.53. The molecule has 0 saturated carbocycles. The van der Waals surface area contributed by atoms with Gasteiger partial charge in [-0.1, -0.05) is 41.0 Å². The molecule has 1 saturated heterocycles. The lowest BCUT2D eigenvalue weighted by Crippen LogP contribution is -2.67. The predicted octanol–water partition coefficient (Wildman–Crippen LogP) is 3.53. The maximum Gasteiger partial charge on any atom is 0.433 e. The van der Waals surface area contributed by atoms with Gasteiger partial charge in [-0.2, -0.15) is 0 Å². The molecule has 0 atom stereocenters. The van der Waals surface area contributed by atoms with E-state index in [1.54, 1.807) is 0 Å². The van der Waals surface area contributed by atoms with Crippen molar-refractivity contribution in [3.63, 3.8) is 0 Å². The highest BCUT2D eigenvalue weighted by molar-refractivity contribution is 6.68. The lowest BCUT2D eigenvalue weighted by Gasteiger charge is -2.53. The Bertz CT molecular complexity index is 263. The van der Waals surface area contributed by atoms with Crippen molar-refractivity contribution in [1.29, 1.82) is 0 Å². The highest BCUT2D eigenvalue weighted by Gasteiger charge is 2.61. The van der Waals surface area contributed by atoms with Crippen LogP contribution in [0, 0.1) is 5.41 Å². The second-order valence-corrected chi connectivity index (χ2v) is 10.8. The van der Waals surface area contributed by atoms with Gasteiger partial charge in [-0.25, -0.2) is 0 Å². The summed E-state index contributed by atoms with van der Waals surface area (Å²) in [6.45, 7) is 13.7. The van der Waals surface area contributed by atoms with E-state index in [1.165, 1.54) is 19.3 Å². The minimum Gasteiger partial charge on any atom is -0.386 e. The monoisotopic (exact) mass is 273 g/mol. The Labute approximate surface area is 114 Å². The Morgan fingerprint density at radius 3 is 1.61 bits per heavy atom. The normalized spacial score (nSPS) is 20.2. The third-order valence-electron chi connectivity index (χ3n) is 4.99. The molecule has 1 rings (SSSR count). The Kier molecular flexibility index (Phi) is 5.04. The number of rotatable bonds is 4. The van der Waals surface area contributed by atoms with Gasteiger partial charge in [0.25, 0.3) is 0 Å². The maximum atomic E-state index is 6.06. The minimum absolute atomic E-state index is 0.0286. The van der Waals surface area contributed by atoms with Gasteiger partial charge in [0.1, 0.15) is 0 Å². The van der Waals surface area contributed by atoms with E-state index in [0.29, 0.717) is 0 Å². The van der Waals surface area contributed by atoms with Crippen molar-refractivity contribution in [2.45, 2.75) is 58.9 Å². The Hall–Kier alpha value is 0.0969. The van der Waals surface area contributed by atoms with E-state index < -0.39 is 8.72 Å². The zero-order chi connectivity index (χ0) is 14.0. The second kappa shape index (κ2) is 5.61. The van der Waals surface area contributed by atoms with Gasteiger partial charge in [0.15, 0.2) is 0 Å². The molecule has 0 unspecified atom stereocenters. The van der Waals surface area contributed by atoms with Crippen LogP contribution in [-0.2, 0) is 8.85 Å². The van der Waals surface area contributed by atoms with Gasteiger partial charge in [-0.3, -0.25) is 4.57 Å². The number of piperidine rings is 1. The van der Waals surface area contributed by atoms with E-state index >= 15 is 0 Å². The fraction of sp³-hybridized carbons (Fsp3) is 1.00. The summed E-state index contributed by atoms with van der Waals surface area (Å²) >= 11 is 0. The molecule has 1 aliphatic rings. The Balaban J connectivity index is 3.12. The van der Waals surface area contributed by atoms with Crippen LogP contribution in [-0.4, -0.2) is 40.6 Å². The fourth-order valence-electron chi connectivity index (χ4n) is 2.91. The molecular weight excluding hydrogens is 242 g/mol. The first-order valence-electron chi connectivity index (χ1n) is 7.08. The van der Waals surface area contributed by atoms with Gasteiger partial charge in [0.2, 0.25) is 0 Å². The Morgan fingerprint density at radius 2 is 1.28 bits per heavy atom. The van der Waals surface area contributed by atoms with E-state index in [4.69, 9.17) is 8.85 Å². The van der Waals surface area contributed by atoms with Crippen LogP contribution >= 0.6 is 0 Å². The van der Waals surface area contributed by atoms with Crippen molar-refractivity contribution in [1.82, 2.24) is 4.57 Å². The smallest absolute Gasteiger partial charge is 0.386 e. The zero-order valence-corrected chi connectivity index (χ0v) is 14.3. The number of hydrogen-bond donors (Lipinski definition) is 0. The molecule has 0 aromatic heterocycles. The lowest BCUT2D eigenvalue weighted by atomic mass is 9.82. The van der Waals surface area contributed by atoms with E-state index in [-0.39, 0.29) is 10.5 Å². The van der Waals surface area contributed by atoms with Gasteiger partial charge in [0, 0.05) is 19.3 Å². The predicted molar refractivity (Wildman–Crippen MR) is 78.7 cm³/mol. The maximum absolute atomic E-state index is 6.06. The van der Waals surface area contributed by atoms with Crippen LogP contribution < -0.4 is 0 Å². The largest absolute Gasteiger partial charge is 0.433 e. The summed E-state index contributed by atoms with van der Waals surface area (Å²) in [6, 6.07) is 0. The van der Waals surface area contributed by atoms with Crippen molar-refractivity contribution in [2.75, 3.05) is 27.3 Å². The molecular formula is C14H31NO2Si. The molecule has 0 amide bonds. The molecule has 1 aliphatic heterocycles. The van der Waals surface area contributed by atoms with Crippen LogP contribution in [0.25, 0.3) is 0 Å². The first kappa shape index (κ1) is 16.2. The fourth-order valence-corrected chi connectivity index (χ4v) is 7.26. The third-order valence-corrected chi connectivity index (χ3v) is 9.71. The van der Waals surface area contributed by atoms with E-state index in [0.717, 1.165) is 13.1 Å². The molecule has 0 bridgehead atoms. The summed E-state index contributed by atoms with van der Waals surface area (Å²) in [4.78, 5) is 0. The molecule has 108 valence electrons. The quantitative estimate of drug-likeness (QED) is 0.731. The molecule has 18 heavy (non-hydrogen) atoms. The average Bonchev–Trinajstić information content (AvgIpc) is 2.31. The molecule has 0 N–H and O–H groups in total. The van der Waals surface area contributed by atoms with E-state index in [1.807, 2.05) is 14.2 Å². The molecule has 0 aromatic rings. The average molecular weight is 273 g/mol. The topological polar surface area (TPSA) is 21.7 Å². The molecule has 0 radical (unpaired) electrons. The molecule has 0 spiro atoms. The van der Waals surface area contributed by atoms with Crippen molar-refractivity contribution < 1.29 is 8.85 Å². The lowest BCUT2D eigenvalue weighted by molar-refractivity contribution is 0.0892. The van der Waals surface area contributed by atoms with E-state index in [9.17, 15) is 0 Å². The number of nitrogens with zero attached hydrogens (tertiary/aromatic N) is 1. The van der Waals surface area contributed by atoms with Crippen LogP contribution in [0.2, 0.25) is 5.04 Å². The minimum atomic E-state index is -2.37. The van der Waals surface area contributed by atoms with E-state index in [2.05, 4.69) is 39.2 Å². The molecule has 3 nitrogen and oxygen atoms in total. The van der Waals surface area contributed by atoms with Crippen LogP contribution in [0.1, 0.15) is 53.9 Å². The van der Waals surface area contributed by atoms with Gasteiger partial charge >= 0.3 is 8.72 Å². The first-order chi connectivity index (χ1) is 8.23. The molecule has 1 fully saturated rings. The summed E-state index contributed by atoms with van der Waals surface area (Å²) in [7, 11) is 1.29. The standard InChI is InChI=1S/C14H31NO2Si/c1-13(2,3)14(4,5)18(16-6,17-7)15-11-9-8-10-12-15/h8-12H2,1-7H3. The highest BCUT2D eigenvalue weighted by Crippen LogP contribution is 2.53. The van der Waals surface area contributed by atoms with Crippen molar-refractivity contribution in [2.24, 2.45) is 5.41 Å². The first-order valence-corrected chi connectivity index (χ1v) is 8.84. The Morgan fingerprint density at radius 1 is 0.833 bits per heavy atom. The molecule has 4 heteroatoms. The van der Waals surface area contributed by atoms with Crippen LogP contribution in [0.3, 0.4) is 0 Å². The SMILES string of the molecule is CO[Si](OC)(N1CCCCC1)C(C)(C)C(C)(C)C. The van der Waals surface area contributed by atoms with Crippen molar-refractivity contribution in [3.05, 3.63) is 0 Å². The summed E-state index contributed by atoms with van der Waals surface area (Å²) in [5, 5.41) is 0.0286. The van der Waals surface area contributed by atoms with Gasteiger partial charge in [0.05, 0.1) is 0 Å². The van der Waals surface area contributed by atoms with Gasteiger partial charge in [-0.05, 0) is 31.3 Å². The summed E-state index contributed by atoms with van der Waals surface area (Å²) in [5.74, 6) is 0. The van der Waals surface area contributed by atoms with Crippen LogP contribution in [0.4, 0.5) is 0 Å². The second-order valence-electron chi connectivity index (χ2n) is 6.91. The van der Waals surface area contributed by atoms with Crippen molar-refractivity contribution >= 4 is 8.72 Å². The van der Waals surface area contributed by atoms with Crippen LogP contribution in [0.15, 0.2) is 0 Å². The van der Waals surface area contributed by atoms with Gasteiger partial charge in [-0.15, -0.1) is 0 Å². The summed E-state index contributed by atoms with van der Waals surface area (Å²) < 4.78 is 14.6. The molecule has 0 aromatic carbocycles. The van der Waals surface area contributed by atoms with Gasteiger partial charge < -0.3 is 8.85 Å². The van der Waals surface area contributed by atoms with Crippen LogP contribution in [0.5, 0.6) is 0 Å². The van der Waals surface area contributed by atoms with Crippen molar-refractivity contribution in [3.8, 4) is 0 Å². The summed E-state index contributed by atoms with van der Waals surface area (Å²) in [5.41, 5.74) is 0.155.